The summed E-state index contributed by atoms with van der Waals surface area (Å²) in [7, 11) is -3.59. The molecule has 0 fully saturated rings. The lowest BCUT2D eigenvalue weighted by Crippen LogP contribution is -2.31. The molecule has 130 valence electrons. The molecule has 0 aliphatic rings. The Labute approximate surface area is 151 Å². The summed E-state index contributed by atoms with van der Waals surface area (Å²) in [5.74, 6) is 6.03. The first-order valence-electron chi connectivity index (χ1n) is 8.08. The van der Waals surface area contributed by atoms with Crippen LogP contribution in [0.1, 0.15) is 22.3 Å². The summed E-state index contributed by atoms with van der Waals surface area (Å²) in [5.41, 5.74) is 4.19. The third kappa shape index (κ3) is 5.06. The fraction of sp³-hybridized carbons (Fsp3) is 0.238. The van der Waals surface area contributed by atoms with Gasteiger partial charge in [0.15, 0.2) is 0 Å². The van der Waals surface area contributed by atoms with Gasteiger partial charge in [-0.25, -0.2) is 8.42 Å². The predicted molar refractivity (Wildman–Crippen MR) is 103 cm³/mol. The van der Waals surface area contributed by atoms with Gasteiger partial charge in [0, 0.05) is 12.1 Å². The fourth-order valence-electron chi connectivity index (χ4n) is 2.53. The zero-order chi connectivity index (χ0) is 18.4. The van der Waals surface area contributed by atoms with Crippen LogP contribution in [0.4, 0.5) is 0 Å². The summed E-state index contributed by atoms with van der Waals surface area (Å²) in [4.78, 5) is 0.271. The molecule has 2 rings (SSSR count). The molecule has 0 atom stereocenters. The Morgan fingerprint density at radius 1 is 1.00 bits per heavy atom. The van der Waals surface area contributed by atoms with Crippen LogP contribution in [0, 0.1) is 32.6 Å². The van der Waals surface area contributed by atoms with Crippen LogP contribution in [0.15, 0.2) is 60.0 Å². The lowest BCUT2D eigenvalue weighted by molar-refractivity contribution is 0.478. The van der Waals surface area contributed by atoms with Gasteiger partial charge in [-0.05, 0) is 56.2 Å². The summed E-state index contributed by atoms with van der Waals surface area (Å²) in [5, 5.41) is 0. The standard InChI is InChI=1S/C21H23NO2S/c1-5-12-22(25(23,24)21-10-8-17(2)9-11-21)13-6-7-20-15-18(3)14-19(4)16-20/h5,8-11,14-16H,1,12-13H2,2-4H3. The molecule has 0 amide bonds. The summed E-state index contributed by atoms with van der Waals surface area (Å²) in [6, 6.07) is 12.9. The van der Waals surface area contributed by atoms with Crippen molar-refractivity contribution in [2.24, 2.45) is 0 Å². The monoisotopic (exact) mass is 353 g/mol. The van der Waals surface area contributed by atoms with Crippen molar-refractivity contribution < 1.29 is 8.42 Å². The second-order valence-electron chi connectivity index (χ2n) is 6.08. The Morgan fingerprint density at radius 3 is 2.16 bits per heavy atom. The Balaban J connectivity index is 2.25. The van der Waals surface area contributed by atoms with Crippen LogP contribution in [0.5, 0.6) is 0 Å². The van der Waals surface area contributed by atoms with E-state index in [1.165, 1.54) is 4.31 Å². The van der Waals surface area contributed by atoms with Gasteiger partial charge in [0.05, 0.1) is 11.4 Å². The van der Waals surface area contributed by atoms with Gasteiger partial charge < -0.3 is 0 Å². The van der Waals surface area contributed by atoms with Crippen molar-refractivity contribution in [1.29, 1.82) is 0 Å². The van der Waals surface area contributed by atoms with E-state index in [9.17, 15) is 8.42 Å². The molecule has 0 heterocycles. The maximum Gasteiger partial charge on any atom is 0.244 e. The van der Waals surface area contributed by atoms with Crippen LogP contribution in [-0.4, -0.2) is 25.8 Å². The van der Waals surface area contributed by atoms with Crippen molar-refractivity contribution in [3.8, 4) is 11.8 Å². The number of hydrogen-bond donors (Lipinski definition) is 0. The summed E-state index contributed by atoms with van der Waals surface area (Å²) < 4.78 is 26.9. The summed E-state index contributed by atoms with van der Waals surface area (Å²) >= 11 is 0. The van der Waals surface area contributed by atoms with Crippen molar-refractivity contribution in [3.05, 3.63) is 77.4 Å². The van der Waals surface area contributed by atoms with Gasteiger partial charge >= 0.3 is 0 Å². The number of benzene rings is 2. The molecule has 0 N–H and O–H groups in total. The summed E-state index contributed by atoms with van der Waals surface area (Å²) in [6.45, 7) is 9.96. The van der Waals surface area contributed by atoms with Gasteiger partial charge in [0.1, 0.15) is 0 Å². The molecule has 0 bridgehead atoms. The highest BCUT2D eigenvalue weighted by Gasteiger charge is 2.22. The maximum atomic E-state index is 12.8. The van der Waals surface area contributed by atoms with Crippen molar-refractivity contribution in [3.63, 3.8) is 0 Å². The van der Waals surface area contributed by atoms with Gasteiger partial charge in [-0.15, -0.1) is 6.58 Å². The van der Waals surface area contributed by atoms with Crippen LogP contribution < -0.4 is 0 Å². The molecule has 0 aromatic heterocycles. The highest BCUT2D eigenvalue weighted by atomic mass is 32.2. The Bertz CT molecular complexity index is 896. The van der Waals surface area contributed by atoms with E-state index in [4.69, 9.17) is 0 Å². The quantitative estimate of drug-likeness (QED) is 0.605. The predicted octanol–water partition coefficient (Wildman–Crippen LogP) is 3.84. The number of nitrogens with zero attached hydrogens (tertiary/aromatic N) is 1. The molecule has 0 radical (unpaired) electrons. The highest BCUT2D eigenvalue weighted by Crippen LogP contribution is 2.16. The van der Waals surface area contributed by atoms with E-state index in [0.717, 1.165) is 22.3 Å². The fourth-order valence-corrected chi connectivity index (χ4v) is 3.84. The van der Waals surface area contributed by atoms with E-state index < -0.39 is 10.0 Å². The Hall–Kier alpha value is -2.35. The summed E-state index contributed by atoms with van der Waals surface area (Å²) in [6.07, 6.45) is 1.57. The van der Waals surface area contributed by atoms with E-state index in [0.29, 0.717) is 0 Å². The van der Waals surface area contributed by atoms with Crippen LogP contribution in [0.2, 0.25) is 0 Å². The zero-order valence-electron chi connectivity index (χ0n) is 14.9. The van der Waals surface area contributed by atoms with E-state index in [1.807, 2.05) is 32.9 Å². The highest BCUT2D eigenvalue weighted by molar-refractivity contribution is 7.89. The second kappa shape index (κ2) is 8.15. The minimum atomic E-state index is -3.59. The number of hydrogen-bond acceptors (Lipinski definition) is 2. The smallest absolute Gasteiger partial charge is 0.207 e. The van der Waals surface area contributed by atoms with Crippen LogP contribution >= 0.6 is 0 Å². The van der Waals surface area contributed by atoms with Gasteiger partial charge in [-0.2, -0.15) is 4.31 Å². The van der Waals surface area contributed by atoms with E-state index in [2.05, 4.69) is 24.5 Å². The van der Waals surface area contributed by atoms with Gasteiger partial charge in [0.25, 0.3) is 0 Å². The molecule has 2 aromatic rings. The van der Waals surface area contributed by atoms with E-state index >= 15 is 0 Å². The molecule has 0 aliphatic heterocycles. The molecule has 0 spiro atoms. The molecule has 2 aromatic carbocycles. The molecule has 4 heteroatoms. The largest absolute Gasteiger partial charge is 0.244 e. The van der Waals surface area contributed by atoms with Crippen molar-refractivity contribution in [1.82, 2.24) is 4.31 Å². The first-order valence-corrected chi connectivity index (χ1v) is 9.52. The van der Waals surface area contributed by atoms with E-state index in [-0.39, 0.29) is 18.0 Å². The lowest BCUT2D eigenvalue weighted by Gasteiger charge is -2.18. The molecule has 0 saturated carbocycles. The third-order valence-electron chi connectivity index (χ3n) is 3.70. The van der Waals surface area contributed by atoms with Crippen LogP contribution in [0.3, 0.4) is 0 Å². The average molecular weight is 353 g/mol. The molecular weight excluding hydrogens is 330 g/mol. The molecular formula is C21H23NO2S. The van der Waals surface area contributed by atoms with Crippen molar-refractivity contribution >= 4 is 10.0 Å². The van der Waals surface area contributed by atoms with Crippen molar-refractivity contribution in [2.75, 3.05) is 13.1 Å². The normalized spacial score (nSPS) is 11.0. The number of aryl methyl sites for hydroxylation is 3. The lowest BCUT2D eigenvalue weighted by atomic mass is 10.1. The average Bonchev–Trinajstić information content (AvgIpc) is 2.53. The SMILES string of the molecule is C=CCN(CC#Cc1cc(C)cc(C)c1)S(=O)(=O)c1ccc(C)cc1. The van der Waals surface area contributed by atoms with Crippen LogP contribution in [0.25, 0.3) is 0 Å². The molecule has 0 unspecified atom stereocenters. The minimum Gasteiger partial charge on any atom is -0.207 e. The maximum absolute atomic E-state index is 12.8. The topological polar surface area (TPSA) is 37.4 Å². The molecule has 3 nitrogen and oxygen atoms in total. The first kappa shape index (κ1) is 19.0. The Kier molecular flexibility index (Phi) is 6.19. The van der Waals surface area contributed by atoms with Crippen molar-refractivity contribution in [2.45, 2.75) is 25.7 Å². The molecule has 0 aliphatic carbocycles. The molecule has 25 heavy (non-hydrogen) atoms. The zero-order valence-corrected chi connectivity index (χ0v) is 15.7. The van der Waals surface area contributed by atoms with Gasteiger partial charge in [-0.3, -0.25) is 0 Å². The van der Waals surface area contributed by atoms with Gasteiger partial charge in [0.2, 0.25) is 10.0 Å². The first-order chi connectivity index (χ1) is 11.8. The Morgan fingerprint density at radius 2 is 1.60 bits per heavy atom. The number of sulfonamides is 1. The minimum absolute atomic E-state index is 0.120. The van der Waals surface area contributed by atoms with E-state index in [1.54, 1.807) is 30.3 Å². The van der Waals surface area contributed by atoms with Crippen LogP contribution in [-0.2, 0) is 10.0 Å². The number of rotatable bonds is 5. The molecule has 0 saturated heterocycles. The van der Waals surface area contributed by atoms with Gasteiger partial charge in [-0.1, -0.05) is 41.7 Å². The second-order valence-corrected chi connectivity index (χ2v) is 8.02. The third-order valence-corrected chi connectivity index (χ3v) is 5.53.